The number of amides is 2. The zero-order valence-corrected chi connectivity index (χ0v) is 18.8. The van der Waals surface area contributed by atoms with Crippen molar-refractivity contribution >= 4 is 11.8 Å². The van der Waals surface area contributed by atoms with Crippen LogP contribution in [0.15, 0.2) is 53.2 Å². The van der Waals surface area contributed by atoms with E-state index in [4.69, 9.17) is 13.9 Å². The number of aromatic nitrogens is 2. The number of benzene rings is 1. The first-order valence-corrected chi connectivity index (χ1v) is 10.9. The van der Waals surface area contributed by atoms with Crippen molar-refractivity contribution in [3.63, 3.8) is 0 Å². The molecular weight excluding hydrogens is 424 g/mol. The second kappa shape index (κ2) is 10.2. The van der Waals surface area contributed by atoms with Gasteiger partial charge in [0.25, 0.3) is 11.8 Å². The summed E-state index contributed by atoms with van der Waals surface area (Å²) in [6, 6.07) is 10.8. The van der Waals surface area contributed by atoms with Gasteiger partial charge in [0, 0.05) is 32.9 Å². The fourth-order valence-corrected chi connectivity index (χ4v) is 3.83. The van der Waals surface area contributed by atoms with Crippen LogP contribution < -0.4 is 14.8 Å². The second-order valence-corrected chi connectivity index (χ2v) is 8.05. The molecule has 0 atom stereocenters. The van der Waals surface area contributed by atoms with Gasteiger partial charge in [0.1, 0.15) is 12.4 Å². The van der Waals surface area contributed by atoms with E-state index in [-0.39, 0.29) is 18.4 Å². The van der Waals surface area contributed by atoms with Gasteiger partial charge in [-0.25, -0.2) is 0 Å². The number of aryl methyl sites for hydroxylation is 1. The van der Waals surface area contributed by atoms with E-state index in [2.05, 4.69) is 10.4 Å². The van der Waals surface area contributed by atoms with E-state index in [0.717, 1.165) is 12.8 Å². The highest BCUT2D eigenvalue weighted by molar-refractivity contribution is 5.93. The number of methoxy groups -OCH3 is 1. The van der Waals surface area contributed by atoms with E-state index < -0.39 is 0 Å². The zero-order valence-electron chi connectivity index (χ0n) is 18.8. The largest absolute Gasteiger partial charge is 0.493 e. The molecule has 4 rings (SSSR count). The predicted octanol–water partition coefficient (Wildman–Crippen LogP) is 2.88. The van der Waals surface area contributed by atoms with Gasteiger partial charge in [-0.2, -0.15) is 5.10 Å². The number of hydrogen-bond donors (Lipinski definition) is 1. The highest BCUT2D eigenvalue weighted by Gasteiger charge is 2.26. The second-order valence-electron chi connectivity index (χ2n) is 8.05. The van der Waals surface area contributed by atoms with Gasteiger partial charge in [0.15, 0.2) is 17.3 Å². The van der Waals surface area contributed by atoms with Gasteiger partial charge in [-0.05, 0) is 43.0 Å². The Morgan fingerprint density at radius 3 is 2.61 bits per heavy atom. The molecule has 33 heavy (non-hydrogen) atoms. The summed E-state index contributed by atoms with van der Waals surface area (Å²) in [6.45, 7) is 2.04. The first kappa shape index (κ1) is 22.4. The van der Waals surface area contributed by atoms with Crippen LogP contribution >= 0.6 is 0 Å². The quantitative estimate of drug-likeness (QED) is 0.564. The van der Waals surface area contributed by atoms with Crippen LogP contribution in [-0.2, 0) is 13.7 Å². The summed E-state index contributed by atoms with van der Waals surface area (Å²) in [5.41, 5.74) is 0.549. The molecule has 1 aromatic carbocycles. The fraction of sp³-hybridized carbons (Fsp3) is 0.375. The van der Waals surface area contributed by atoms with Crippen LogP contribution in [0.4, 0.5) is 0 Å². The van der Waals surface area contributed by atoms with E-state index in [1.165, 1.54) is 0 Å². The Morgan fingerprint density at radius 1 is 1.15 bits per heavy atom. The molecule has 0 aliphatic carbocycles. The molecule has 9 nitrogen and oxygen atoms in total. The lowest BCUT2D eigenvalue weighted by Gasteiger charge is -2.31. The van der Waals surface area contributed by atoms with Crippen molar-refractivity contribution in [2.24, 2.45) is 13.0 Å². The third kappa shape index (κ3) is 5.54. The summed E-state index contributed by atoms with van der Waals surface area (Å²) >= 11 is 0. The number of rotatable bonds is 8. The molecule has 3 aromatic rings. The van der Waals surface area contributed by atoms with Crippen molar-refractivity contribution in [1.82, 2.24) is 20.0 Å². The standard InChI is InChI=1S/C24H28N4O5/c1-27-15-18(14-26-27)23(29)25-13-17-9-11-28(12-10-17)24(30)22-8-7-19(33-22)16-32-21-6-4-3-5-20(21)31-2/h3-8,14-15,17H,9-13,16H2,1-2H3,(H,25,29). The van der Waals surface area contributed by atoms with Gasteiger partial charge < -0.3 is 24.1 Å². The first-order valence-electron chi connectivity index (χ1n) is 10.9. The minimum Gasteiger partial charge on any atom is -0.493 e. The molecule has 1 fully saturated rings. The smallest absolute Gasteiger partial charge is 0.289 e. The van der Waals surface area contributed by atoms with Crippen LogP contribution in [0.1, 0.15) is 39.5 Å². The van der Waals surface area contributed by atoms with Gasteiger partial charge >= 0.3 is 0 Å². The number of hydrogen-bond acceptors (Lipinski definition) is 6. The van der Waals surface area contributed by atoms with Crippen molar-refractivity contribution in [2.75, 3.05) is 26.7 Å². The van der Waals surface area contributed by atoms with Gasteiger partial charge in [0.05, 0.1) is 18.9 Å². The monoisotopic (exact) mass is 452 g/mol. The van der Waals surface area contributed by atoms with Crippen molar-refractivity contribution in [3.05, 3.63) is 65.9 Å². The Labute approximate surface area is 192 Å². The van der Waals surface area contributed by atoms with Crippen molar-refractivity contribution in [2.45, 2.75) is 19.4 Å². The highest BCUT2D eigenvalue weighted by Crippen LogP contribution is 2.27. The van der Waals surface area contributed by atoms with Crippen molar-refractivity contribution in [1.29, 1.82) is 0 Å². The van der Waals surface area contributed by atoms with E-state index in [9.17, 15) is 9.59 Å². The lowest BCUT2D eigenvalue weighted by molar-refractivity contribution is 0.0649. The molecule has 174 valence electrons. The molecule has 1 saturated heterocycles. The van der Waals surface area contributed by atoms with Gasteiger partial charge in [0.2, 0.25) is 0 Å². The third-order valence-corrected chi connectivity index (χ3v) is 5.73. The number of nitrogens with zero attached hydrogens (tertiary/aromatic N) is 3. The Bertz CT molecular complexity index is 1100. The molecule has 1 aliphatic heterocycles. The number of piperidine rings is 1. The number of ether oxygens (including phenoxy) is 2. The molecule has 0 spiro atoms. The fourth-order valence-electron chi connectivity index (χ4n) is 3.83. The van der Waals surface area contributed by atoms with E-state index in [1.54, 1.807) is 48.3 Å². The first-order chi connectivity index (χ1) is 16.0. The minimum atomic E-state index is -0.128. The number of carbonyl (C=O) groups is 2. The predicted molar refractivity (Wildman–Crippen MR) is 120 cm³/mol. The Hall–Kier alpha value is -3.75. The minimum absolute atomic E-state index is 0.125. The van der Waals surface area contributed by atoms with Crippen LogP contribution in [0.3, 0.4) is 0 Å². The van der Waals surface area contributed by atoms with Gasteiger partial charge in [-0.3, -0.25) is 14.3 Å². The summed E-state index contributed by atoms with van der Waals surface area (Å²) < 4.78 is 18.4. The van der Waals surface area contributed by atoms with E-state index >= 15 is 0 Å². The Kier molecular flexibility index (Phi) is 6.97. The number of para-hydroxylation sites is 2. The molecule has 0 bridgehead atoms. The molecule has 9 heteroatoms. The van der Waals surface area contributed by atoms with Crippen LogP contribution in [0.25, 0.3) is 0 Å². The van der Waals surface area contributed by atoms with Crippen LogP contribution in [0.2, 0.25) is 0 Å². The van der Waals surface area contributed by atoms with Crippen LogP contribution in [-0.4, -0.2) is 53.2 Å². The molecule has 2 aromatic heterocycles. The van der Waals surface area contributed by atoms with Crippen molar-refractivity contribution in [3.8, 4) is 11.5 Å². The third-order valence-electron chi connectivity index (χ3n) is 5.73. The summed E-state index contributed by atoms with van der Waals surface area (Å²) in [5, 5.41) is 6.98. The lowest BCUT2D eigenvalue weighted by atomic mass is 9.96. The van der Waals surface area contributed by atoms with E-state index in [1.807, 2.05) is 24.3 Å². The maximum atomic E-state index is 12.8. The SMILES string of the molecule is COc1ccccc1OCc1ccc(C(=O)N2CCC(CNC(=O)c3cnn(C)c3)CC2)o1. The molecule has 1 aliphatic rings. The molecule has 0 unspecified atom stereocenters. The topological polar surface area (TPSA) is 98.8 Å². The van der Waals surface area contributed by atoms with Crippen LogP contribution in [0, 0.1) is 5.92 Å². The molecule has 3 heterocycles. The van der Waals surface area contributed by atoms with Crippen LogP contribution in [0.5, 0.6) is 11.5 Å². The normalized spacial score (nSPS) is 14.2. The lowest BCUT2D eigenvalue weighted by Crippen LogP contribution is -2.41. The number of furan rings is 1. The van der Waals surface area contributed by atoms with E-state index in [0.29, 0.717) is 54.1 Å². The molecule has 0 radical (unpaired) electrons. The number of nitrogens with one attached hydrogen (secondary N) is 1. The maximum Gasteiger partial charge on any atom is 0.289 e. The Morgan fingerprint density at radius 2 is 1.91 bits per heavy atom. The molecule has 1 N–H and O–H groups in total. The summed E-state index contributed by atoms with van der Waals surface area (Å²) in [4.78, 5) is 26.8. The highest BCUT2D eigenvalue weighted by atomic mass is 16.5. The molecule has 0 saturated carbocycles. The van der Waals surface area contributed by atoms with Gasteiger partial charge in [-0.15, -0.1) is 0 Å². The Balaban J connectivity index is 1.23. The summed E-state index contributed by atoms with van der Waals surface area (Å²) in [5.74, 6) is 2.20. The summed E-state index contributed by atoms with van der Waals surface area (Å²) in [6.07, 6.45) is 4.89. The maximum absolute atomic E-state index is 12.8. The van der Waals surface area contributed by atoms with Crippen molar-refractivity contribution < 1.29 is 23.5 Å². The van der Waals surface area contributed by atoms with Gasteiger partial charge in [-0.1, -0.05) is 12.1 Å². The summed E-state index contributed by atoms with van der Waals surface area (Å²) in [7, 11) is 3.36. The average molecular weight is 453 g/mol. The number of likely N-dealkylation sites (tertiary alicyclic amines) is 1. The zero-order chi connectivity index (χ0) is 23.2. The number of carbonyl (C=O) groups excluding carboxylic acids is 2. The molecular formula is C24H28N4O5. The molecule has 2 amide bonds. The average Bonchev–Trinajstić information content (AvgIpc) is 3.50.